The summed E-state index contributed by atoms with van der Waals surface area (Å²) < 4.78 is 2.09. The van der Waals surface area contributed by atoms with E-state index in [1.54, 1.807) is 12.3 Å². The van der Waals surface area contributed by atoms with Gasteiger partial charge in [-0.05, 0) is 37.1 Å². The van der Waals surface area contributed by atoms with Gasteiger partial charge >= 0.3 is 0 Å². The van der Waals surface area contributed by atoms with Crippen LogP contribution in [0.25, 0.3) is 5.65 Å². The third-order valence-corrected chi connectivity index (χ3v) is 4.43. The van der Waals surface area contributed by atoms with Crippen molar-refractivity contribution in [1.29, 1.82) is 5.26 Å². The van der Waals surface area contributed by atoms with Crippen LogP contribution >= 0.6 is 0 Å². The van der Waals surface area contributed by atoms with Crippen LogP contribution in [0.3, 0.4) is 0 Å². The first-order valence-corrected chi connectivity index (χ1v) is 7.76. The number of pyridine rings is 2. The molecule has 3 aromatic rings. The highest BCUT2D eigenvalue weighted by Gasteiger charge is 2.24. The van der Waals surface area contributed by atoms with Gasteiger partial charge in [-0.2, -0.15) is 5.26 Å². The van der Waals surface area contributed by atoms with Crippen LogP contribution < -0.4 is 4.90 Å². The van der Waals surface area contributed by atoms with Gasteiger partial charge in [-0.1, -0.05) is 6.07 Å². The average Bonchev–Trinajstić information content (AvgIpc) is 3.06. The maximum atomic E-state index is 8.82. The van der Waals surface area contributed by atoms with Gasteiger partial charge in [0, 0.05) is 25.2 Å². The van der Waals surface area contributed by atoms with Crippen molar-refractivity contribution < 1.29 is 0 Å². The fraction of sp³-hybridized carbons (Fsp3) is 0.294. The molecule has 6 heteroatoms. The third-order valence-electron chi connectivity index (χ3n) is 4.43. The SMILES string of the molecule is N#Cc1ccc(N2CCC(c3nnc4ccccn34)CC2)cn1. The fourth-order valence-corrected chi connectivity index (χ4v) is 3.17. The lowest BCUT2D eigenvalue weighted by Crippen LogP contribution is -2.33. The second kappa shape index (κ2) is 5.69. The van der Waals surface area contributed by atoms with Crippen molar-refractivity contribution in [2.75, 3.05) is 18.0 Å². The molecule has 1 fully saturated rings. The molecule has 0 radical (unpaired) electrons. The van der Waals surface area contributed by atoms with Gasteiger partial charge in [0.05, 0.1) is 11.9 Å². The number of fused-ring (bicyclic) bond motifs is 1. The number of nitriles is 1. The number of piperidine rings is 1. The molecular formula is C17H16N6. The van der Waals surface area contributed by atoms with Gasteiger partial charge in [0.25, 0.3) is 0 Å². The van der Waals surface area contributed by atoms with E-state index in [1.807, 2.05) is 30.5 Å². The predicted molar refractivity (Wildman–Crippen MR) is 86.1 cm³/mol. The highest BCUT2D eigenvalue weighted by Crippen LogP contribution is 2.29. The van der Waals surface area contributed by atoms with E-state index in [2.05, 4.69) is 30.6 Å². The standard InChI is InChI=1S/C17H16N6/c18-11-14-4-5-15(12-19-14)22-9-6-13(7-10-22)17-21-20-16-3-1-2-8-23(16)17/h1-5,8,12-13H,6-7,9-10H2. The predicted octanol–water partition coefficient (Wildman–Crippen LogP) is 2.38. The van der Waals surface area contributed by atoms with Crippen molar-refractivity contribution in [3.8, 4) is 6.07 Å². The van der Waals surface area contributed by atoms with Crippen molar-refractivity contribution >= 4 is 11.3 Å². The first-order valence-electron chi connectivity index (χ1n) is 7.76. The second-order valence-electron chi connectivity index (χ2n) is 5.76. The summed E-state index contributed by atoms with van der Waals surface area (Å²) in [5.74, 6) is 1.48. The summed E-state index contributed by atoms with van der Waals surface area (Å²) in [7, 11) is 0. The monoisotopic (exact) mass is 304 g/mol. The number of nitrogens with zero attached hydrogens (tertiary/aromatic N) is 6. The molecule has 0 atom stereocenters. The zero-order valence-corrected chi connectivity index (χ0v) is 12.6. The summed E-state index contributed by atoms with van der Waals surface area (Å²) in [5, 5.41) is 17.5. The van der Waals surface area contributed by atoms with Crippen molar-refractivity contribution in [1.82, 2.24) is 19.6 Å². The molecule has 3 aromatic heterocycles. The van der Waals surface area contributed by atoms with E-state index < -0.39 is 0 Å². The summed E-state index contributed by atoms with van der Waals surface area (Å²) in [4.78, 5) is 6.47. The van der Waals surface area contributed by atoms with Gasteiger partial charge < -0.3 is 4.90 Å². The maximum Gasteiger partial charge on any atom is 0.160 e. The van der Waals surface area contributed by atoms with E-state index in [4.69, 9.17) is 5.26 Å². The van der Waals surface area contributed by atoms with E-state index in [-0.39, 0.29) is 0 Å². The fourth-order valence-electron chi connectivity index (χ4n) is 3.17. The van der Waals surface area contributed by atoms with Crippen LogP contribution in [0, 0.1) is 11.3 Å². The molecule has 1 aliphatic heterocycles. The summed E-state index contributed by atoms with van der Waals surface area (Å²) >= 11 is 0. The lowest BCUT2D eigenvalue weighted by molar-refractivity contribution is 0.482. The Morgan fingerprint density at radius 2 is 1.96 bits per heavy atom. The Labute approximate surface area is 134 Å². The van der Waals surface area contributed by atoms with Crippen LogP contribution in [-0.4, -0.2) is 32.7 Å². The first kappa shape index (κ1) is 13.7. The second-order valence-corrected chi connectivity index (χ2v) is 5.76. The van der Waals surface area contributed by atoms with Gasteiger partial charge in [-0.3, -0.25) is 4.40 Å². The molecule has 0 bridgehead atoms. The zero-order chi connectivity index (χ0) is 15.6. The minimum absolute atomic E-state index is 0.426. The maximum absolute atomic E-state index is 8.82. The molecule has 0 aromatic carbocycles. The van der Waals surface area contributed by atoms with E-state index in [1.165, 1.54) is 0 Å². The Morgan fingerprint density at radius 3 is 2.70 bits per heavy atom. The lowest BCUT2D eigenvalue weighted by Gasteiger charge is -2.32. The highest BCUT2D eigenvalue weighted by atomic mass is 15.3. The molecular weight excluding hydrogens is 288 g/mol. The lowest BCUT2D eigenvalue weighted by atomic mass is 9.95. The van der Waals surface area contributed by atoms with Crippen LogP contribution in [0.5, 0.6) is 0 Å². The molecule has 0 N–H and O–H groups in total. The normalized spacial score (nSPS) is 15.7. The minimum atomic E-state index is 0.426. The quantitative estimate of drug-likeness (QED) is 0.727. The molecule has 4 heterocycles. The van der Waals surface area contributed by atoms with Crippen molar-refractivity contribution in [3.63, 3.8) is 0 Å². The Bertz CT molecular complexity index is 853. The molecule has 114 valence electrons. The number of rotatable bonds is 2. The number of aromatic nitrogens is 4. The summed E-state index contributed by atoms with van der Waals surface area (Å²) in [6, 6.07) is 11.8. The van der Waals surface area contributed by atoms with Crippen LogP contribution in [-0.2, 0) is 0 Å². The summed E-state index contributed by atoms with van der Waals surface area (Å²) in [5.41, 5.74) is 2.44. The van der Waals surface area contributed by atoms with Crippen molar-refractivity contribution in [2.24, 2.45) is 0 Å². The summed E-state index contributed by atoms with van der Waals surface area (Å²) in [6.07, 6.45) is 5.89. The molecule has 6 nitrogen and oxygen atoms in total. The Kier molecular flexibility index (Phi) is 3.39. The molecule has 1 saturated heterocycles. The van der Waals surface area contributed by atoms with Crippen molar-refractivity contribution in [3.05, 3.63) is 54.2 Å². The number of hydrogen-bond acceptors (Lipinski definition) is 5. The Balaban J connectivity index is 1.49. The molecule has 0 unspecified atom stereocenters. The topological polar surface area (TPSA) is 70.1 Å². The van der Waals surface area contributed by atoms with E-state index in [0.29, 0.717) is 11.6 Å². The van der Waals surface area contributed by atoms with Crippen molar-refractivity contribution in [2.45, 2.75) is 18.8 Å². The number of anilines is 1. The smallest absolute Gasteiger partial charge is 0.160 e. The van der Waals surface area contributed by atoms with Gasteiger partial charge in [0.15, 0.2) is 5.65 Å². The van der Waals surface area contributed by atoms with Gasteiger partial charge in [0.1, 0.15) is 17.6 Å². The van der Waals surface area contributed by atoms with Gasteiger partial charge in [-0.15, -0.1) is 10.2 Å². The summed E-state index contributed by atoms with van der Waals surface area (Å²) in [6.45, 7) is 1.92. The average molecular weight is 304 g/mol. The third kappa shape index (κ3) is 2.50. The molecule has 0 saturated carbocycles. The van der Waals surface area contributed by atoms with Crippen LogP contribution in [0.15, 0.2) is 42.7 Å². The van der Waals surface area contributed by atoms with Crippen LogP contribution in [0.2, 0.25) is 0 Å². The zero-order valence-electron chi connectivity index (χ0n) is 12.6. The molecule has 4 rings (SSSR count). The minimum Gasteiger partial charge on any atom is -0.370 e. The van der Waals surface area contributed by atoms with Crippen LogP contribution in [0.4, 0.5) is 5.69 Å². The molecule has 23 heavy (non-hydrogen) atoms. The highest BCUT2D eigenvalue weighted by molar-refractivity contribution is 5.46. The molecule has 0 amide bonds. The first-order chi connectivity index (χ1) is 11.3. The largest absolute Gasteiger partial charge is 0.370 e. The van der Waals surface area contributed by atoms with E-state index in [0.717, 1.165) is 43.1 Å². The molecule has 1 aliphatic rings. The number of hydrogen-bond donors (Lipinski definition) is 0. The van der Waals surface area contributed by atoms with Gasteiger partial charge in [0.2, 0.25) is 0 Å². The Morgan fingerprint density at radius 1 is 1.09 bits per heavy atom. The van der Waals surface area contributed by atoms with E-state index in [9.17, 15) is 0 Å². The Hall–Kier alpha value is -2.94. The van der Waals surface area contributed by atoms with Gasteiger partial charge in [-0.25, -0.2) is 4.98 Å². The molecule has 0 spiro atoms. The molecule has 0 aliphatic carbocycles. The van der Waals surface area contributed by atoms with Crippen LogP contribution in [0.1, 0.15) is 30.3 Å². The van der Waals surface area contributed by atoms with E-state index >= 15 is 0 Å².